The smallest absolute Gasteiger partial charge is 0.151 e. The Bertz CT molecular complexity index is 260. The van der Waals surface area contributed by atoms with Crippen molar-refractivity contribution in [3.8, 4) is 0 Å². The Morgan fingerprint density at radius 2 is 2.27 bits per heavy atom. The zero-order chi connectivity index (χ0) is 8.48. The molecule has 1 fully saturated rings. The van der Waals surface area contributed by atoms with E-state index in [2.05, 4.69) is 0 Å². The first-order valence-corrected chi connectivity index (χ1v) is 5.91. The van der Waals surface area contributed by atoms with Crippen LogP contribution in [-0.2, 0) is 9.84 Å². The van der Waals surface area contributed by atoms with Crippen molar-refractivity contribution < 1.29 is 8.42 Å². The molecule has 1 saturated heterocycles. The lowest BCUT2D eigenvalue weighted by atomic mass is 10.4. The van der Waals surface area contributed by atoms with E-state index in [1.807, 2.05) is 0 Å². The van der Waals surface area contributed by atoms with E-state index in [1.54, 1.807) is 0 Å². The molecule has 0 radical (unpaired) electrons. The first-order valence-electron chi connectivity index (χ1n) is 3.21. The highest BCUT2D eigenvalue weighted by Gasteiger charge is 2.28. The normalized spacial score (nSPS) is 28.5. The summed E-state index contributed by atoms with van der Waals surface area (Å²) in [5.74, 6) is 0.426. The van der Waals surface area contributed by atoms with Crippen molar-refractivity contribution in [1.82, 2.24) is 0 Å². The minimum atomic E-state index is -2.81. The third kappa shape index (κ3) is 2.70. The van der Waals surface area contributed by atoms with Crippen LogP contribution in [0.3, 0.4) is 0 Å². The first-order chi connectivity index (χ1) is 4.99. The van der Waals surface area contributed by atoms with Crippen LogP contribution in [0.2, 0.25) is 0 Å². The fraction of sp³-hybridized carbons (Fsp3) is 0.800. The van der Waals surface area contributed by atoms with E-state index in [-0.39, 0.29) is 21.9 Å². The summed E-state index contributed by atoms with van der Waals surface area (Å²) in [6.45, 7) is 0. The van der Waals surface area contributed by atoms with Gasteiger partial charge in [0.05, 0.1) is 11.5 Å². The third-order valence-electron chi connectivity index (χ3n) is 1.48. The Kier molecular flexibility index (Phi) is 2.43. The SMILES string of the molecule is N=C(N)SC1CCS(=O)(=O)C1. The summed E-state index contributed by atoms with van der Waals surface area (Å²) in [6, 6.07) is 0. The Hall–Kier alpha value is -0.230. The van der Waals surface area contributed by atoms with Crippen LogP contribution in [0.15, 0.2) is 0 Å². The Labute approximate surface area is 70.0 Å². The molecule has 0 aromatic heterocycles. The molecule has 1 unspecified atom stereocenters. The van der Waals surface area contributed by atoms with Crippen molar-refractivity contribution >= 4 is 26.8 Å². The van der Waals surface area contributed by atoms with E-state index >= 15 is 0 Å². The van der Waals surface area contributed by atoms with Crippen LogP contribution in [0, 0.1) is 5.41 Å². The summed E-state index contributed by atoms with van der Waals surface area (Å²) in [5.41, 5.74) is 5.11. The summed E-state index contributed by atoms with van der Waals surface area (Å²) < 4.78 is 21.8. The molecule has 0 bridgehead atoms. The number of rotatable bonds is 1. The number of amidine groups is 1. The lowest BCUT2D eigenvalue weighted by Crippen LogP contribution is -2.13. The highest BCUT2D eigenvalue weighted by molar-refractivity contribution is 8.14. The van der Waals surface area contributed by atoms with Crippen LogP contribution in [0.1, 0.15) is 6.42 Å². The molecule has 1 aliphatic rings. The highest BCUT2D eigenvalue weighted by atomic mass is 32.2. The summed E-state index contributed by atoms with van der Waals surface area (Å²) in [4.78, 5) is 0. The van der Waals surface area contributed by atoms with Gasteiger partial charge in [-0.15, -0.1) is 0 Å². The molecule has 0 amide bonds. The monoisotopic (exact) mass is 194 g/mol. The van der Waals surface area contributed by atoms with E-state index in [1.165, 1.54) is 0 Å². The lowest BCUT2D eigenvalue weighted by molar-refractivity contribution is 0.602. The van der Waals surface area contributed by atoms with Crippen molar-refractivity contribution in [3.05, 3.63) is 0 Å². The Morgan fingerprint density at radius 1 is 1.64 bits per heavy atom. The third-order valence-corrected chi connectivity index (χ3v) is 4.45. The Balaban J connectivity index is 2.49. The molecule has 6 heteroatoms. The van der Waals surface area contributed by atoms with Gasteiger partial charge in [0.15, 0.2) is 15.0 Å². The van der Waals surface area contributed by atoms with Gasteiger partial charge >= 0.3 is 0 Å². The molecule has 0 aliphatic carbocycles. The van der Waals surface area contributed by atoms with E-state index in [0.717, 1.165) is 11.8 Å². The number of nitrogens with one attached hydrogen (secondary N) is 1. The van der Waals surface area contributed by atoms with E-state index in [0.29, 0.717) is 6.42 Å². The van der Waals surface area contributed by atoms with E-state index in [9.17, 15) is 8.42 Å². The van der Waals surface area contributed by atoms with Crippen LogP contribution in [0.5, 0.6) is 0 Å². The maximum atomic E-state index is 10.9. The average Bonchev–Trinajstić information content (AvgIpc) is 2.08. The van der Waals surface area contributed by atoms with Gasteiger partial charge in [-0.2, -0.15) is 0 Å². The summed E-state index contributed by atoms with van der Waals surface area (Å²) in [5, 5.41) is 6.95. The number of sulfone groups is 1. The molecule has 1 rings (SSSR count). The summed E-state index contributed by atoms with van der Waals surface area (Å²) in [6.07, 6.45) is 0.632. The van der Waals surface area contributed by atoms with Gasteiger partial charge in [0.1, 0.15) is 0 Å². The quantitative estimate of drug-likeness (QED) is 0.447. The van der Waals surface area contributed by atoms with Crippen LogP contribution in [0.4, 0.5) is 0 Å². The van der Waals surface area contributed by atoms with Crippen molar-refractivity contribution in [1.29, 1.82) is 5.41 Å². The van der Waals surface area contributed by atoms with Gasteiger partial charge in [-0.3, -0.25) is 5.41 Å². The van der Waals surface area contributed by atoms with Gasteiger partial charge in [0.2, 0.25) is 0 Å². The van der Waals surface area contributed by atoms with Crippen molar-refractivity contribution in [2.24, 2.45) is 5.73 Å². The van der Waals surface area contributed by atoms with Crippen LogP contribution in [-0.4, -0.2) is 30.3 Å². The zero-order valence-corrected chi connectivity index (χ0v) is 7.54. The molecule has 3 N–H and O–H groups in total. The molecular formula is C5H10N2O2S2. The molecule has 0 aromatic rings. The second kappa shape index (κ2) is 3.02. The van der Waals surface area contributed by atoms with Gasteiger partial charge in [-0.05, 0) is 6.42 Å². The molecule has 1 heterocycles. The molecular weight excluding hydrogens is 184 g/mol. The largest absolute Gasteiger partial charge is 0.379 e. The van der Waals surface area contributed by atoms with E-state index < -0.39 is 9.84 Å². The van der Waals surface area contributed by atoms with Crippen molar-refractivity contribution in [3.63, 3.8) is 0 Å². The first kappa shape index (κ1) is 8.86. The highest BCUT2D eigenvalue weighted by Crippen LogP contribution is 2.23. The number of nitrogens with two attached hydrogens (primary N) is 1. The molecule has 0 spiro atoms. The molecule has 11 heavy (non-hydrogen) atoms. The zero-order valence-electron chi connectivity index (χ0n) is 5.91. The second-order valence-corrected chi connectivity index (χ2v) is 6.08. The minimum absolute atomic E-state index is 0.00657. The standard InChI is InChI=1S/C5H10N2O2S2/c6-5(7)10-4-1-2-11(8,9)3-4/h4H,1-3H2,(H3,6,7). The minimum Gasteiger partial charge on any atom is -0.379 e. The lowest BCUT2D eigenvalue weighted by Gasteiger charge is -2.02. The van der Waals surface area contributed by atoms with Crippen molar-refractivity contribution in [2.75, 3.05) is 11.5 Å². The van der Waals surface area contributed by atoms with Gasteiger partial charge in [-0.1, -0.05) is 11.8 Å². The second-order valence-electron chi connectivity index (χ2n) is 2.51. The van der Waals surface area contributed by atoms with Gasteiger partial charge in [0, 0.05) is 5.25 Å². The van der Waals surface area contributed by atoms with Crippen LogP contribution in [0.25, 0.3) is 0 Å². The predicted molar refractivity (Wildman–Crippen MR) is 46.6 cm³/mol. The van der Waals surface area contributed by atoms with Crippen molar-refractivity contribution in [2.45, 2.75) is 11.7 Å². The summed E-state index contributed by atoms with van der Waals surface area (Å²) >= 11 is 1.15. The number of hydrogen-bond donors (Lipinski definition) is 2. The Morgan fingerprint density at radius 3 is 2.64 bits per heavy atom. The fourth-order valence-electron chi connectivity index (χ4n) is 1.03. The molecule has 4 nitrogen and oxygen atoms in total. The molecule has 1 aliphatic heterocycles. The van der Waals surface area contributed by atoms with Gasteiger partial charge in [-0.25, -0.2) is 8.42 Å². The number of hydrogen-bond acceptors (Lipinski definition) is 4. The average molecular weight is 194 g/mol. The molecule has 0 aromatic carbocycles. The maximum absolute atomic E-state index is 10.9. The van der Waals surface area contributed by atoms with E-state index in [4.69, 9.17) is 11.1 Å². The summed E-state index contributed by atoms with van der Waals surface area (Å²) in [7, 11) is -2.81. The van der Waals surface area contributed by atoms with Crippen LogP contribution >= 0.6 is 11.8 Å². The topological polar surface area (TPSA) is 84.0 Å². The molecule has 1 atom stereocenters. The molecule has 64 valence electrons. The number of thioether (sulfide) groups is 1. The fourth-order valence-corrected chi connectivity index (χ4v) is 4.22. The molecule has 0 saturated carbocycles. The maximum Gasteiger partial charge on any atom is 0.151 e. The van der Waals surface area contributed by atoms with Gasteiger partial charge in [0.25, 0.3) is 0 Å². The van der Waals surface area contributed by atoms with Gasteiger partial charge < -0.3 is 5.73 Å². The van der Waals surface area contributed by atoms with Crippen LogP contribution < -0.4 is 5.73 Å². The predicted octanol–water partition coefficient (Wildman–Crippen LogP) is -0.200.